The lowest BCUT2D eigenvalue weighted by Crippen LogP contribution is -2.38. The monoisotopic (exact) mass is 576 g/mol. The van der Waals surface area contributed by atoms with Crippen LogP contribution in [-0.2, 0) is 22.9 Å². The third kappa shape index (κ3) is 5.62. The van der Waals surface area contributed by atoms with Crippen molar-refractivity contribution in [1.29, 1.82) is 0 Å². The smallest absolute Gasteiger partial charge is 0.387 e. The Labute approximate surface area is 212 Å². The maximum Gasteiger partial charge on any atom is 0.473 e. The van der Waals surface area contributed by atoms with Crippen LogP contribution < -0.4 is 11.4 Å². The van der Waals surface area contributed by atoms with Gasteiger partial charge in [0.25, 0.3) is 11.8 Å². The highest BCUT2D eigenvalue weighted by atomic mass is 31.2. The van der Waals surface area contributed by atoms with Gasteiger partial charge in [0.15, 0.2) is 12.1 Å². The van der Waals surface area contributed by atoms with Crippen LogP contribution in [0, 0.1) is 0 Å². The number of nitrogens with two attached hydrogens (primary N) is 1. The standard InChI is InChI=1S/C19H22N4O13P2/c20-12-5-6-22(19(28)21-12)18-15(25)14(24)11(35-18)8-34-38(32,33)36-13(37(29,30)31)7-23-16(26)9-3-1-2-4-10(9)17(23)27/h1-6,11,13-15,18,24-25H,7-8H2,(H,32,33)(H2,20,21,28)(H2,29,30,31)/t11-,13?,14-,15-,18-/m1/s1. The Balaban J connectivity index is 1.43. The average molecular weight is 576 g/mol. The number of nitrogen functional groups attached to an aromatic ring is 1. The highest BCUT2D eigenvalue weighted by molar-refractivity contribution is 7.54. The van der Waals surface area contributed by atoms with Crippen LogP contribution in [0.15, 0.2) is 41.3 Å². The minimum Gasteiger partial charge on any atom is -0.387 e. The number of aliphatic hydroxyl groups excluding tert-OH is 2. The molecule has 206 valence electrons. The molecule has 0 saturated carbocycles. The van der Waals surface area contributed by atoms with Gasteiger partial charge in [0.05, 0.1) is 24.3 Å². The molecule has 2 aromatic rings. The molecule has 2 amide bonds. The highest BCUT2D eigenvalue weighted by Crippen LogP contribution is 2.54. The first-order chi connectivity index (χ1) is 17.7. The Hall–Kier alpha value is -2.82. The van der Waals surface area contributed by atoms with Crippen molar-refractivity contribution in [2.75, 3.05) is 18.9 Å². The van der Waals surface area contributed by atoms with Crippen molar-refractivity contribution in [3.8, 4) is 0 Å². The first kappa shape index (κ1) is 28.2. The van der Waals surface area contributed by atoms with Crippen LogP contribution in [0.1, 0.15) is 26.9 Å². The number of aromatic nitrogens is 2. The highest BCUT2D eigenvalue weighted by Gasteiger charge is 2.47. The van der Waals surface area contributed by atoms with Crippen LogP contribution in [-0.4, -0.2) is 88.5 Å². The number of anilines is 1. The molecule has 6 atom stereocenters. The topological polar surface area (TPSA) is 261 Å². The molecule has 3 heterocycles. The molecule has 17 nitrogen and oxygen atoms in total. The fraction of sp³-hybridized carbons (Fsp3) is 0.368. The van der Waals surface area contributed by atoms with E-state index in [1.54, 1.807) is 0 Å². The van der Waals surface area contributed by atoms with Crippen LogP contribution in [0.4, 0.5) is 5.82 Å². The van der Waals surface area contributed by atoms with E-state index in [2.05, 4.69) is 9.51 Å². The summed E-state index contributed by atoms with van der Waals surface area (Å²) in [5, 5.41) is 20.5. The second-order valence-corrected chi connectivity index (χ2v) is 11.4. The second kappa shape index (κ2) is 10.4. The molecule has 7 N–H and O–H groups in total. The van der Waals surface area contributed by atoms with Gasteiger partial charge in [-0.3, -0.25) is 32.7 Å². The molecule has 1 aromatic carbocycles. The molecular weight excluding hydrogens is 554 g/mol. The van der Waals surface area contributed by atoms with E-state index < -0.39 is 76.5 Å². The van der Waals surface area contributed by atoms with Gasteiger partial charge in [-0.15, -0.1) is 0 Å². The van der Waals surface area contributed by atoms with Crippen molar-refractivity contribution < 1.29 is 57.4 Å². The van der Waals surface area contributed by atoms with E-state index in [0.29, 0.717) is 4.90 Å². The number of nitrogens with zero attached hydrogens (tertiary/aromatic N) is 3. The number of fused-ring (bicyclic) bond motifs is 1. The zero-order valence-electron chi connectivity index (χ0n) is 19.1. The number of amides is 2. The van der Waals surface area contributed by atoms with E-state index >= 15 is 0 Å². The molecule has 0 bridgehead atoms. The molecule has 1 saturated heterocycles. The quantitative estimate of drug-likeness (QED) is 0.145. The van der Waals surface area contributed by atoms with Gasteiger partial charge in [0, 0.05) is 6.20 Å². The zero-order valence-corrected chi connectivity index (χ0v) is 20.9. The van der Waals surface area contributed by atoms with Gasteiger partial charge in [-0.25, -0.2) is 9.36 Å². The largest absolute Gasteiger partial charge is 0.473 e. The molecule has 38 heavy (non-hydrogen) atoms. The van der Waals surface area contributed by atoms with Crippen molar-refractivity contribution in [3.05, 3.63) is 58.1 Å². The molecular formula is C19H22N4O13P2. The van der Waals surface area contributed by atoms with E-state index in [-0.39, 0.29) is 16.9 Å². The van der Waals surface area contributed by atoms with E-state index in [4.69, 9.17) is 15.0 Å². The number of aliphatic hydroxyl groups is 2. The molecule has 1 fully saturated rings. The maximum absolute atomic E-state index is 12.5. The summed E-state index contributed by atoms with van der Waals surface area (Å²) in [5.74, 6) is -4.35. The number of benzene rings is 1. The van der Waals surface area contributed by atoms with Gasteiger partial charge in [0.1, 0.15) is 24.1 Å². The SMILES string of the molecule is Nc1ccn([C@@H]2O[C@H](COP(=O)(O)OC(CN3C(=O)c4ccccc4C3=O)P(=O)(O)O)[C@@H](O)[C@H]2O)c(=O)n1. The molecule has 0 radical (unpaired) electrons. The van der Waals surface area contributed by atoms with Crippen molar-refractivity contribution in [1.82, 2.24) is 14.5 Å². The van der Waals surface area contributed by atoms with Crippen molar-refractivity contribution in [3.63, 3.8) is 0 Å². The molecule has 0 spiro atoms. The van der Waals surface area contributed by atoms with Gasteiger partial charge >= 0.3 is 21.1 Å². The van der Waals surface area contributed by atoms with Crippen LogP contribution in [0.3, 0.4) is 0 Å². The van der Waals surface area contributed by atoms with Gasteiger partial charge in [-0.1, -0.05) is 12.1 Å². The molecule has 0 aliphatic carbocycles. The Morgan fingerprint density at radius 2 is 1.63 bits per heavy atom. The summed E-state index contributed by atoms with van der Waals surface area (Å²) < 4.78 is 40.0. The van der Waals surface area contributed by atoms with Crippen molar-refractivity contribution in [2.45, 2.75) is 30.4 Å². The number of hydrogen-bond acceptors (Lipinski definition) is 12. The first-order valence-electron chi connectivity index (χ1n) is 10.7. The summed E-state index contributed by atoms with van der Waals surface area (Å²) in [7, 11) is -10.7. The fourth-order valence-electron chi connectivity index (χ4n) is 3.83. The summed E-state index contributed by atoms with van der Waals surface area (Å²) in [6.07, 6.45) is -5.29. The average Bonchev–Trinajstić information content (AvgIpc) is 3.25. The number of rotatable bonds is 9. The normalized spacial score (nSPS) is 25.9. The molecule has 1 aromatic heterocycles. The number of carbonyl (C=O) groups is 2. The zero-order chi connectivity index (χ0) is 28.0. The number of phosphoric ester groups is 1. The number of imide groups is 1. The molecule has 2 aliphatic heterocycles. The fourth-order valence-corrected chi connectivity index (χ4v) is 5.83. The number of hydrogen-bond donors (Lipinski definition) is 6. The second-order valence-electron chi connectivity index (χ2n) is 8.27. The first-order valence-corrected chi connectivity index (χ1v) is 13.9. The van der Waals surface area contributed by atoms with Crippen LogP contribution in [0.25, 0.3) is 0 Å². The van der Waals surface area contributed by atoms with Gasteiger partial charge in [0.2, 0.25) is 0 Å². The van der Waals surface area contributed by atoms with E-state index in [1.807, 2.05) is 0 Å². The number of phosphoric acid groups is 1. The molecule has 2 unspecified atom stereocenters. The molecule has 4 rings (SSSR count). The van der Waals surface area contributed by atoms with E-state index in [0.717, 1.165) is 10.8 Å². The minimum atomic E-state index is -5.36. The van der Waals surface area contributed by atoms with E-state index in [9.17, 15) is 48.4 Å². The Kier molecular flexibility index (Phi) is 7.71. The number of carbonyl (C=O) groups excluding carboxylic acids is 2. The van der Waals surface area contributed by atoms with E-state index in [1.165, 1.54) is 30.3 Å². The third-order valence-electron chi connectivity index (χ3n) is 5.71. The third-order valence-corrected chi connectivity index (χ3v) is 7.89. The summed E-state index contributed by atoms with van der Waals surface area (Å²) in [6.45, 7) is -2.03. The summed E-state index contributed by atoms with van der Waals surface area (Å²) in [4.78, 5) is 70.4. The minimum absolute atomic E-state index is 0.0266. The maximum atomic E-state index is 12.5. The molecule has 2 aliphatic rings. The predicted octanol–water partition coefficient (Wildman–Crippen LogP) is -1.62. The lowest BCUT2D eigenvalue weighted by Gasteiger charge is -2.25. The van der Waals surface area contributed by atoms with Gasteiger partial charge < -0.3 is 35.4 Å². The van der Waals surface area contributed by atoms with Crippen LogP contribution >= 0.6 is 15.4 Å². The Morgan fingerprint density at radius 1 is 1.03 bits per heavy atom. The Morgan fingerprint density at radius 3 is 2.18 bits per heavy atom. The van der Waals surface area contributed by atoms with Crippen LogP contribution in [0.5, 0.6) is 0 Å². The van der Waals surface area contributed by atoms with Crippen molar-refractivity contribution in [2.24, 2.45) is 0 Å². The predicted molar refractivity (Wildman–Crippen MR) is 123 cm³/mol. The summed E-state index contributed by atoms with van der Waals surface area (Å²) in [5.41, 5.74) is 4.43. The summed E-state index contributed by atoms with van der Waals surface area (Å²) in [6, 6.07) is 6.82. The van der Waals surface area contributed by atoms with Gasteiger partial charge in [-0.2, -0.15) is 4.98 Å². The lowest BCUT2D eigenvalue weighted by molar-refractivity contribution is -0.0557. The molecule has 19 heteroatoms. The number of ether oxygens (including phenoxy) is 1. The summed E-state index contributed by atoms with van der Waals surface area (Å²) >= 11 is 0. The van der Waals surface area contributed by atoms with Gasteiger partial charge in [-0.05, 0) is 18.2 Å². The van der Waals surface area contributed by atoms with Crippen LogP contribution in [0.2, 0.25) is 0 Å². The lowest BCUT2D eigenvalue weighted by atomic mass is 10.1. The Bertz CT molecular complexity index is 1380. The van der Waals surface area contributed by atoms with Crippen molar-refractivity contribution >= 4 is 33.1 Å².